The van der Waals surface area contributed by atoms with Gasteiger partial charge in [-0.1, -0.05) is 78.6 Å². The van der Waals surface area contributed by atoms with Gasteiger partial charge in [-0.25, -0.2) is 4.98 Å². The number of aryl methyl sites for hydroxylation is 1. The zero-order chi connectivity index (χ0) is 26.3. The second-order valence-electron chi connectivity index (χ2n) is 12.1. The molecule has 1 aliphatic rings. The summed E-state index contributed by atoms with van der Waals surface area (Å²) in [7, 11) is 0. The lowest BCUT2D eigenvalue weighted by Crippen LogP contribution is -2.04. The van der Waals surface area contributed by atoms with Gasteiger partial charge in [0.05, 0.1) is 22.9 Å². The van der Waals surface area contributed by atoms with Crippen LogP contribution in [0.15, 0.2) is 54.7 Å². The highest BCUT2D eigenvalue weighted by molar-refractivity contribution is 5.81. The first-order chi connectivity index (χ1) is 17.7. The molecular weight excluding hydrogens is 448 g/mol. The highest BCUT2D eigenvalue weighted by atomic mass is 14.8. The van der Waals surface area contributed by atoms with E-state index in [0.717, 1.165) is 22.3 Å². The molecule has 0 atom stereocenters. The van der Waals surface area contributed by atoms with Crippen LogP contribution in [-0.4, -0.2) is 9.97 Å². The number of hydrogen-bond acceptors (Lipinski definition) is 2. The summed E-state index contributed by atoms with van der Waals surface area (Å²) in [5.74, 6) is 2.10. The molecule has 192 valence electrons. The van der Waals surface area contributed by atoms with Crippen molar-refractivity contribution in [3.63, 3.8) is 0 Å². The lowest BCUT2D eigenvalue weighted by molar-refractivity contribution is 0.724. The van der Waals surface area contributed by atoms with Gasteiger partial charge in [0, 0.05) is 5.56 Å². The SMILES string of the molecule is Cc1cc(-c2cnc3cc(C4CCCC4)ccc3n2)cc(-c2c(C(C)C)cc(C(C)C)cc2C(C)C)c1. The molecule has 3 aromatic carbocycles. The molecule has 1 aliphatic carbocycles. The number of benzene rings is 3. The van der Waals surface area contributed by atoms with E-state index < -0.39 is 0 Å². The summed E-state index contributed by atoms with van der Waals surface area (Å²) in [6.45, 7) is 16.1. The van der Waals surface area contributed by atoms with Crippen LogP contribution in [0.25, 0.3) is 33.4 Å². The third kappa shape index (κ3) is 5.21. The van der Waals surface area contributed by atoms with Crippen LogP contribution in [0.3, 0.4) is 0 Å². The van der Waals surface area contributed by atoms with Crippen molar-refractivity contribution in [2.24, 2.45) is 0 Å². The van der Waals surface area contributed by atoms with Crippen molar-refractivity contribution in [3.8, 4) is 22.4 Å². The standard InChI is InChI=1S/C35H42N2/c1-21(2)27-17-30(22(3)4)35(31(18-27)23(5)6)29-15-24(7)14-28(16-29)34-20-36-33-19-26(12-13-32(33)37-34)25-10-8-9-11-25/h12-23,25H,8-11H2,1-7H3. The summed E-state index contributed by atoms with van der Waals surface area (Å²) in [6, 6.07) is 18.5. The smallest absolute Gasteiger partial charge is 0.0894 e. The molecular formula is C35H42N2. The second-order valence-corrected chi connectivity index (χ2v) is 12.1. The molecule has 1 saturated carbocycles. The molecule has 0 bridgehead atoms. The van der Waals surface area contributed by atoms with Crippen LogP contribution < -0.4 is 0 Å². The van der Waals surface area contributed by atoms with Gasteiger partial charge >= 0.3 is 0 Å². The zero-order valence-corrected chi connectivity index (χ0v) is 23.7. The van der Waals surface area contributed by atoms with E-state index in [4.69, 9.17) is 9.97 Å². The highest BCUT2D eigenvalue weighted by Crippen LogP contribution is 2.40. The summed E-state index contributed by atoms with van der Waals surface area (Å²) < 4.78 is 0. The molecule has 0 saturated heterocycles. The monoisotopic (exact) mass is 490 g/mol. The minimum Gasteiger partial charge on any atom is -0.252 e. The van der Waals surface area contributed by atoms with Crippen LogP contribution in [0.1, 0.15) is 119 Å². The van der Waals surface area contributed by atoms with E-state index in [9.17, 15) is 0 Å². The highest BCUT2D eigenvalue weighted by Gasteiger charge is 2.20. The molecule has 1 fully saturated rings. The minimum absolute atomic E-state index is 0.449. The fraction of sp³-hybridized carbons (Fsp3) is 0.429. The van der Waals surface area contributed by atoms with Crippen molar-refractivity contribution in [1.29, 1.82) is 0 Å². The predicted octanol–water partition coefficient (Wildman–Crippen LogP) is 10.3. The zero-order valence-electron chi connectivity index (χ0n) is 23.7. The third-order valence-electron chi connectivity index (χ3n) is 8.19. The molecule has 4 aromatic rings. The molecule has 2 heteroatoms. The van der Waals surface area contributed by atoms with Crippen molar-refractivity contribution >= 4 is 11.0 Å². The fourth-order valence-electron chi connectivity index (χ4n) is 6.04. The van der Waals surface area contributed by atoms with Gasteiger partial charge in [0.1, 0.15) is 0 Å². The van der Waals surface area contributed by atoms with Crippen molar-refractivity contribution in [2.75, 3.05) is 0 Å². The summed E-state index contributed by atoms with van der Waals surface area (Å²) in [5.41, 5.74) is 13.8. The summed E-state index contributed by atoms with van der Waals surface area (Å²) in [4.78, 5) is 9.96. The van der Waals surface area contributed by atoms with Gasteiger partial charge in [-0.2, -0.15) is 0 Å². The maximum atomic E-state index is 5.08. The molecule has 5 rings (SSSR count). The normalized spacial score (nSPS) is 14.5. The predicted molar refractivity (Wildman–Crippen MR) is 159 cm³/mol. The topological polar surface area (TPSA) is 25.8 Å². The van der Waals surface area contributed by atoms with Gasteiger partial charge in [0.2, 0.25) is 0 Å². The molecule has 0 spiro atoms. The van der Waals surface area contributed by atoms with E-state index in [2.05, 4.69) is 97.0 Å². The third-order valence-corrected chi connectivity index (χ3v) is 8.19. The van der Waals surface area contributed by atoms with E-state index in [1.165, 1.54) is 64.6 Å². The first-order valence-electron chi connectivity index (χ1n) is 14.3. The van der Waals surface area contributed by atoms with Gasteiger partial charge in [0.15, 0.2) is 0 Å². The minimum atomic E-state index is 0.449. The lowest BCUT2D eigenvalue weighted by atomic mass is 9.81. The Morgan fingerprint density at radius 3 is 1.97 bits per heavy atom. The summed E-state index contributed by atoms with van der Waals surface area (Å²) in [5, 5.41) is 0. The molecule has 0 aliphatic heterocycles. The van der Waals surface area contributed by atoms with Crippen LogP contribution in [-0.2, 0) is 0 Å². The van der Waals surface area contributed by atoms with Crippen LogP contribution in [0, 0.1) is 6.92 Å². The molecule has 0 radical (unpaired) electrons. The number of aromatic nitrogens is 2. The first-order valence-corrected chi connectivity index (χ1v) is 14.3. The average molecular weight is 491 g/mol. The van der Waals surface area contributed by atoms with Crippen LogP contribution in [0.5, 0.6) is 0 Å². The van der Waals surface area contributed by atoms with Gasteiger partial charge < -0.3 is 0 Å². The van der Waals surface area contributed by atoms with E-state index in [1.54, 1.807) is 0 Å². The van der Waals surface area contributed by atoms with Crippen molar-refractivity contribution in [3.05, 3.63) is 82.5 Å². The van der Waals surface area contributed by atoms with E-state index in [-0.39, 0.29) is 0 Å². The molecule has 0 N–H and O–H groups in total. The lowest BCUT2D eigenvalue weighted by Gasteiger charge is -2.24. The molecule has 37 heavy (non-hydrogen) atoms. The molecule has 1 heterocycles. The summed E-state index contributed by atoms with van der Waals surface area (Å²) >= 11 is 0. The Kier molecular flexibility index (Phi) is 7.21. The van der Waals surface area contributed by atoms with E-state index in [1.807, 2.05) is 6.20 Å². The first kappa shape index (κ1) is 25.6. The average Bonchev–Trinajstić information content (AvgIpc) is 3.42. The van der Waals surface area contributed by atoms with Crippen molar-refractivity contribution in [1.82, 2.24) is 9.97 Å². The van der Waals surface area contributed by atoms with Gasteiger partial charge in [-0.15, -0.1) is 0 Å². The van der Waals surface area contributed by atoms with E-state index >= 15 is 0 Å². The maximum absolute atomic E-state index is 5.08. The Morgan fingerprint density at radius 2 is 1.35 bits per heavy atom. The van der Waals surface area contributed by atoms with Gasteiger partial charge in [-0.05, 0) is 107 Å². The number of hydrogen-bond donors (Lipinski definition) is 0. The van der Waals surface area contributed by atoms with Gasteiger partial charge in [0.25, 0.3) is 0 Å². The molecule has 0 unspecified atom stereocenters. The Bertz CT molecular complexity index is 1390. The van der Waals surface area contributed by atoms with Crippen molar-refractivity contribution in [2.45, 2.75) is 97.8 Å². The molecule has 0 amide bonds. The van der Waals surface area contributed by atoms with Crippen LogP contribution >= 0.6 is 0 Å². The van der Waals surface area contributed by atoms with Gasteiger partial charge in [-0.3, -0.25) is 4.98 Å². The number of nitrogens with zero attached hydrogens (tertiary/aromatic N) is 2. The number of fused-ring (bicyclic) bond motifs is 1. The maximum Gasteiger partial charge on any atom is 0.0894 e. The largest absolute Gasteiger partial charge is 0.252 e. The Hall–Kier alpha value is -3.00. The Labute approximate surface area is 223 Å². The summed E-state index contributed by atoms with van der Waals surface area (Å²) in [6.07, 6.45) is 7.27. The quantitative estimate of drug-likeness (QED) is 0.269. The van der Waals surface area contributed by atoms with Crippen molar-refractivity contribution < 1.29 is 0 Å². The van der Waals surface area contributed by atoms with Crippen LogP contribution in [0.4, 0.5) is 0 Å². The molecule has 1 aromatic heterocycles. The van der Waals surface area contributed by atoms with Crippen LogP contribution in [0.2, 0.25) is 0 Å². The molecule has 2 nitrogen and oxygen atoms in total. The fourth-order valence-corrected chi connectivity index (χ4v) is 6.04. The number of rotatable bonds is 6. The Morgan fingerprint density at radius 1 is 0.703 bits per heavy atom. The van der Waals surface area contributed by atoms with E-state index in [0.29, 0.717) is 23.7 Å². The second kappa shape index (κ2) is 10.4. The Balaban J connectivity index is 1.61.